The Kier molecular flexibility index (Phi) is 4.87. The fraction of sp³-hybridized carbons (Fsp3) is 0.118. The van der Waals surface area contributed by atoms with Crippen molar-refractivity contribution in [3.63, 3.8) is 0 Å². The molecule has 0 bridgehead atoms. The average molecular weight is 360 g/mol. The minimum Gasteiger partial charge on any atom is -0.507 e. The summed E-state index contributed by atoms with van der Waals surface area (Å²) in [5.74, 6) is -0.0151. The van der Waals surface area contributed by atoms with E-state index < -0.39 is 0 Å². The van der Waals surface area contributed by atoms with Gasteiger partial charge in [-0.2, -0.15) is 0 Å². The molecule has 1 amide bonds. The second-order valence-corrected chi connectivity index (χ2v) is 6.36. The molecule has 1 fully saturated rings. The van der Waals surface area contributed by atoms with E-state index in [1.165, 1.54) is 18.0 Å². The third-order valence-electron chi connectivity index (χ3n) is 3.39. The lowest BCUT2D eigenvalue weighted by Gasteiger charge is -2.12. The standard InChI is InChI=1S/C17H14ClN3O2S/c1-2-21-16(23)15(9-11-5-3-4-6-14(11)22)24-17(21)20-13-7-8-19-10-12(13)18/h3-10,22H,2H2,1H3/b15-9-,20-17?. The van der Waals surface area contributed by atoms with Crippen LogP contribution in [0.5, 0.6) is 5.75 Å². The van der Waals surface area contributed by atoms with Gasteiger partial charge in [0.1, 0.15) is 5.75 Å². The van der Waals surface area contributed by atoms with Gasteiger partial charge in [-0.3, -0.25) is 14.7 Å². The summed E-state index contributed by atoms with van der Waals surface area (Å²) in [6.07, 6.45) is 4.78. The van der Waals surface area contributed by atoms with Gasteiger partial charge in [-0.15, -0.1) is 0 Å². The SMILES string of the molecule is CCN1C(=O)/C(=C/c2ccccc2O)SC1=Nc1ccncc1Cl. The van der Waals surface area contributed by atoms with Crippen LogP contribution in [0.3, 0.4) is 0 Å². The Balaban J connectivity index is 1.98. The van der Waals surface area contributed by atoms with E-state index in [-0.39, 0.29) is 11.7 Å². The lowest BCUT2D eigenvalue weighted by molar-refractivity contribution is -0.122. The molecule has 0 unspecified atom stereocenters. The van der Waals surface area contributed by atoms with Crippen molar-refractivity contribution in [2.24, 2.45) is 4.99 Å². The van der Waals surface area contributed by atoms with Crippen molar-refractivity contribution in [1.82, 2.24) is 9.88 Å². The van der Waals surface area contributed by atoms with E-state index >= 15 is 0 Å². The molecule has 5 nitrogen and oxygen atoms in total. The van der Waals surface area contributed by atoms with Crippen molar-refractivity contribution in [1.29, 1.82) is 0 Å². The Hall–Kier alpha value is -2.31. The van der Waals surface area contributed by atoms with Gasteiger partial charge < -0.3 is 5.11 Å². The molecule has 1 N–H and O–H groups in total. The summed E-state index contributed by atoms with van der Waals surface area (Å²) in [7, 11) is 0. The molecule has 7 heteroatoms. The number of phenols is 1. The van der Waals surface area contributed by atoms with Crippen LogP contribution in [0.25, 0.3) is 6.08 Å². The first-order chi connectivity index (χ1) is 11.6. The highest BCUT2D eigenvalue weighted by atomic mass is 35.5. The number of para-hydroxylation sites is 1. The van der Waals surface area contributed by atoms with Crippen molar-refractivity contribution in [2.75, 3.05) is 6.54 Å². The number of thioether (sulfide) groups is 1. The molecule has 2 aromatic rings. The number of rotatable bonds is 3. The van der Waals surface area contributed by atoms with Crippen molar-refractivity contribution >= 4 is 46.2 Å². The molecule has 24 heavy (non-hydrogen) atoms. The average Bonchev–Trinajstić information content (AvgIpc) is 2.87. The van der Waals surface area contributed by atoms with E-state index in [2.05, 4.69) is 9.98 Å². The van der Waals surface area contributed by atoms with E-state index in [0.29, 0.717) is 32.9 Å². The van der Waals surface area contributed by atoms with Crippen molar-refractivity contribution in [2.45, 2.75) is 6.92 Å². The number of aliphatic imine (C=N–C) groups is 1. The third-order valence-corrected chi connectivity index (χ3v) is 4.69. The van der Waals surface area contributed by atoms with Crippen molar-refractivity contribution in [3.05, 3.63) is 58.2 Å². The first-order valence-electron chi connectivity index (χ1n) is 7.27. The summed E-state index contributed by atoms with van der Waals surface area (Å²) < 4.78 is 0. The number of amidine groups is 1. The second-order valence-electron chi connectivity index (χ2n) is 4.94. The molecule has 1 aromatic carbocycles. The highest BCUT2D eigenvalue weighted by molar-refractivity contribution is 8.18. The van der Waals surface area contributed by atoms with Crippen LogP contribution in [0, 0.1) is 0 Å². The first-order valence-corrected chi connectivity index (χ1v) is 8.47. The molecule has 0 saturated carbocycles. The fourth-order valence-electron chi connectivity index (χ4n) is 2.18. The van der Waals surface area contributed by atoms with E-state index in [1.807, 2.05) is 6.92 Å². The number of carbonyl (C=O) groups excluding carboxylic acids is 1. The maximum Gasteiger partial charge on any atom is 0.266 e. The number of benzene rings is 1. The molecule has 0 aliphatic carbocycles. The molecule has 0 spiro atoms. The number of nitrogens with zero attached hydrogens (tertiary/aromatic N) is 3. The molecule has 2 heterocycles. The molecule has 1 aromatic heterocycles. The monoisotopic (exact) mass is 359 g/mol. The molecule has 0 radical (unpaired) electrons. The molecule has 1 saturated heterocycles. The Bertz CT molecular complexity index is 851. The van der Waals surface area contributed by atoms with Gasteiger partial charge in [0.2, 0.25) is 0 Å². The number of hydrogen-bond donors (Lipinski definition) is 1. The van der Waals surface area contributed by atoms with Gasteiger partial charge in [0.05, 0.1) is 15.6 Å². The Morgan fingerprint density at radius 2 is 2.17 bits per heavy atom. The zero-order valence-electron chi connectivity index (χ0n) is 12.8. The van der Waals surface area contributed by atoms with Gasteiger partial charge in [-0.05, 0) is 36.9 Å². The largest absolute Gasteiger partial charge is 0.507 e. The van der Waals surface area contributed by atoms with Crippen molar-refractivity contribution in [3.8, 4) is 5.75 Å². The summed E-state index contributed by atoms with van der Waals surface area (Å²) in [5, 5.41) is 10.9. The van der Waals surface area contributed by atoms with Gasteiger partial charge in [0.25, 0.3) is 5.91 Å². The number of phenolic OH excluding ortho intramolecular Hbond substituents is 1. The molecular formula is C17H14ClN3O2S. The second kappa shape index (κ2) is 7.07. The van der Waals surface area contributed by atoms with E-state index in [0.717, 1.165) is 0 Å². The van der Waals surface area contributed by atoms with Crippen LogP contribution >= 0.6 is 23.4 Å². The number of aromatic hydroxyl groups is 1. The number of carbonyl (C=O) groups is 1. The van der Waals surface area contributed by atoms with E-state index in [4.69, 9.17) is 11.6 Å². The molecule has 1 aliphatic rings. The summed E-state index contributed by atoms with van der Waals surface area (Å²) in [6, 6.07) is 8.57. The summed E-state index contributed by atoms with van der Waals surface area (Å²) in [4.78, 5) is 23.1. The minimum atomic E-state index is -0.144. The molecule has 122 valence electrons. The molecule has 1 aliphatic heterocycles. The third kappa shape index (κ3) is 3.29. The summed E-state index contributed by atoms with van der Waals surface area (Å²) in [6.45, 7) is 2.37. The quantitative estimate of drug-likeness (QED) is 0.839. The molecular weight excluding hydrogens is 346 g/mol. The van der Waals surface area contributed by atoms with Crippen LogP contribution in [0.2, 0.25) is 5.02 Å². The van der Waals surface area contributed by atoms with Gasteiger partial charge >= 0.3 is 0 Å². The van der Waals surface area contributed by atoms with Crippen LogP contribution in [0.15, 0.2) is 52.6 Å². The van der Waals surface area contributed by atoms with Gasteiger partial charge in [0, 0.05) is 24.5 Å². The van der Waals surface area contributed by atoms with E-state index in [1.54, 1.807) is 47.5 Å². The van der Waals surface area contributed by atoms with Crippen LogP contribution in [0.1, 0.15) is 12.5 Å². The number of amides is 1. The number of hydrogen-bond acceptors (Lipinski definition) is 5. The first kappa shape index (κ1) is 16.5. The smallest absolute Gasteiger partial charge is 0.266 e. The summed E-state index contributed by atoms with van der Waals surface area (Å²) >= 11 is 7.34. The molecule has 3 rings (SSSR count). The van der Waals surface area contributed by atoms with Crippen LogP contribution in [-0.2, 0) is 4.79 Å². The lowest BCUT2D eigenvalue weighted by Crippen LogP contribution is -2.28. The highest BCUT2D eigenvalue weighted by Crippen LogP contribution is 2.36. The van der Waals surface area contributed by atoms with Crippen molar-refractivity contribution < 1.29 is 9.90 Å². The number of halogens is 1. The number of pyridine rings is 1. The predicted molar refractivity (Wildman–Crippen MR) is 97.4 cm³/mol. The van der Waals surface area contributed by atoms with E-state index in [9.17, 15) is 9.90 Å². The highest BCUT2D eigenvalue weighted by Gasteiger charge is 2.32. The lowest BCUT2D eigenvalue weighted by atomic mass is 10.2. The Morgan fingerprint density at radius 3 is 2.88 bits per heavy atom. The van der Waals surface area contributed by atoms with Crippen LogP contribution in [-0.4, -0.2) is 32.6 Å². The van der Waals surface area contributed by atoms with Gasteiger partial charge in [-0.1, -0.05) is 29.8 Å². The maximum absolute atomic E-state index is 12.6. The number of aromatic nitrogens is 1. The predicted octanol–water partition coefficient (Wildman–Crippen LogP) is 4.06. The zero-order valence-corrected chi connectivity index (χ0v) is 14.4. The minimum absolute atomic E-state index is 0.129. The van der Waals surface area contributed by atoms with Crippen LogP contribution in [0.4, 0.5) is 5.69 Å². The normalized spacial score (nSPS) is 17.9. The zero-order chi connectivity index (χ0) is 17.1. The molecule has 0 atom stereocenters. The summed E-state index contributed by atoms with van der Waals surface area (Å²) in [5.41, 5.74) is 1.15. The Labute approximate surface area is 148 Å². The van der Waals surface area contributed by atoms with Crippen LogP contribution < -0.4 is 0 Å². The van der Waals surface area contributed by atoms with Gasteiger partial charge in [-0.25, -0.2) is 4.99 Å². The topological polar surface area (TPSA) is 65.8 Å². The fourth-order valence-corrected chi connectivity index (χ4v) is 3.39. The van der Waals surface area contributed by atoms with Gasteiger partial charge in [0.15, 0.2) is 5.17 Å². The number of likely N-dealkylation sites (N-methyl/N-ethyl adjacent to an activating group) is 1. The Morgan fingerprint density at radius 1 is 1.38 bits per heavy atom. The maximum atomic E-state index is 12.6.